The number of aryl methyl sites for hydroxylation is 3. The van der Waals surface area contributed by atoms with Crippen molar-refractivity contribution in [2.24, 2.45) is 0 Å². The minimum absolute atomic E-state index is 0.0137. The lowest BCUT2D eigenvalue weighted by Crippen LogP contribution is -2.08. The van der Waals surface area contributed by atoms with Crippen LogP contribution in [0.3, 0.4) is 0 Å². The lowest BCUT2D eigenvalue weighted by atomic mass is 10.1. The highest BCUT2D eigenvalue weighted by atomic mass is 35.5. The van der Waals surface area contributed by atoms with Crippen molar-refractivity contribution in [2.75, 3.05) is 11.9 Å². The zero-order valence-electron chi connectivity index (χ0n) is 13.0. The molecule has 2 aromatic rings. The van der Waals surface area contributed by atoms with E-state index < -0.39 is 4.92 Å². The normalized spacial score (nSPS) is 13.7. The predicted molar refractivity (Wildman–Crippen MR) is 90.2 cm³/mol. The van der Waals surface area contributed by atoms with E-state index in [0.717, 1.165) is 36.3 Å². The van der Waals surface area contributed by atoms with Crippen LogP contribution in [0, 0.1) is 17.0 Å². The molecule has 0 spiro atoms. The number of fused-ring (bicyclic) bond motifs is 1. The van der Waals surface area contributed by atoms with E-state index in [4.69, 9.17) is 11.6 Å². The number of nitro benzene ring substituents is 1. The first kappa shape index (κ1) is 15.8. The summed E-state index contributed by atoms with van der Waals surface area (Å²) in [6.07, 6.45) is 6.42. The number of nitrogens with one attached hydrogen (secondary N) is 1. The Balaban J connectivity index is 1.64. The number of rotatable bonds is 5. The smallest absolute Gasteiger partial charge is 0.271 e. The van der Waals surface area contributed by atoms with Crippen LogP contribution >= 0.6 is 11.6 Å². The largest absolute Gasteiger partial charge is 0.383 e. The van der Waals surface area contributed by atoms with Gasteiger partial charge in [-0.2, -0.15) is 0 Å². The topological polar surface area (TPSA) is 73.0 Å². The molecule has 0 aliphatic carbocycles. The van der Waals surface area contributed by atoms with Gasteiger partial charge in [-0.25, -0.2) is 4.98 Å². The van der Waals surface area contributed by atoms with E-state index in [1.54, 1.807) is 0 Å². The van der Waals surface area contributed by atoms with Crippen LogP contribution in [-0.2, 0) is 19.4 Å². The zero-order valence-corrected chi connectivity index (χ0v) is 13.8. The molecule has 0 fully saturated rings. The fraction of sp³-hybridized carbons (Fsp3) is 0.438. The molecule has 3 rings (SSSR count). The van der Waals surface area contributed by atoms with Gasteiger partial charge in [0.15, 0.2) is 0 Å². The number of nitrogens with zero attached hydrogens (tertiary/aromatic N) is 3. The number of hydrogen-bond acceptors (Lipinski definition) is 4. The van der Waals surface area contributed by atoms with Crippen molar-refractivity contribution < 1.29 is 4.92 Å². The van der Waals surface area contributed by atoms with Gasteiger partial charge in [-0.05, 0) is 25.3 Å². The molecular weight excluding hydrogens is 316 g/mol. The molecule has 0 saturated heterocycles. The molecule has 1 aliphatic rings. The lowest BCUT2D eigenvalue weighted by molar-refractivity contribution is -0.384. The van der Waals surface area contributed by atoms with Gasteiger partial charge in [0.1, 0.15) is 5.82 Å². The summed E-state index contributed by atoms with van der Waals surface area (Å²) < 4.78 is 2.24. The maximum Gasteiger partial charge on any atom is 0.271 e. The molecule has 0 saturated carbocycles. The fourth-order valence-corrected chi connectivity index (χ4v) is 3.29. The predicted octanol–water partition coefficient (Wildman–Crippen LogP) is 3.74. The molecule has 122 valence electrons. The SMILES string of the molecule is Cc1cc([N+](=O)[O-])cc(Cl)c1NCCc1cn2c(n1)CCCC2. The van der Waals surface area contributed by atoms with Crippen molar-refractivity contribution in [3.05, 3.63) is 50.5 Å². The molecule has 23 heavy (non-hydrogen) atoms. The third kappa shape index (κ3) is 3.47. The monoisotopic (exact) mass is 334 g/mol. The average molecular weight is 335 g/mol. The molecule has 0 atom stereocenters. The van der Waals surface area contributed by atoms with Crippen molar-refractivity contribution in [3.63, 3.8) is 0 Å². The second-order valence-electron chi connectivity index (χ2n) is 5.85. The minimum Gasteiger partial charge on any atom is -0.383 e. The number of hydrogen-bond donors (Lipinski definition) is 1. The fourth-order valence-electron chi connectivity index (χ4n) is 2.96. The van der Waals surface area contributed by atoms with Crippen LogP contribution in [0.4, 0.5) is 11.4 Å². The molecule has 0 unspecified atom stereocenters. The third-order valence-corrected chi connectivity index (χ3v) is 4.42. The maximum atomic E-state index is 10.8. The van der Waals surface area contributed by atoms with Crippen molar-refractivity contribution in [1.82, 2.24) is 9.55 Å². The highest BCUT2D eigenvalue weighted by Gasteiger charge is 2.14. The Morgan fingerprint density at radius 2 is 2.26 bits per heavy atom. The second kappa shape index (κ2) is 6.58. The summed E-state index contributed by atoms with van der Waals surface area (Å²) in [5.74, 6) is 1.18. The van der Waals surface area contributed by atoms with E-state index in [1.165, 1.54) is 30.8 Å². The first-order chi connectivity index (χ1) is 11.0. The highest BCUT2D eigenvalue weighted by Crippen LogP contribution is 2.30. The Hall–Kier alpha value is -2.08. The van der Waals surface area contributed by atoms with E-state index in [1.807, 2.05) is 6.92 Å². The molecular formula is C16H19ClN4O2. The van der Waals surface area contributed by atoms with E-state index in [2.05, 4.69) is 21.1 Å². The second-order valence-corrected chi connectivity index (χ2v) is 6.26. The van der Waals surface area contributed by atoms with Gasteiger partial charge in [-0.3, -0.25) is 10.1 Å². The van der Waals surface area contributed by atoms with Gasteiger partial charge in [0.05, 0.1) is 21.3 Å². The van der Waals surface area contributed by atoms with Crippen LogP contribution in [0.1, 0.15) is 29.9 Å². The van der Waals surface area contributed by atoms with Crippen molar-refractivity contribution in [1.29, 1.82) is 0 Å². The summed E-state index contributed by atoms with van der Waals surface area (Å²) in [6.45, 7) is 3.56. The van der Waals surface area contributed by atoms with Gasteiger partial charge >= 0.3 is 0 Å². The van der Waals surface area contributed by atoms with Crippen LogP contribution in [0.15, 0.2) is 18.3 Å². The Morgan fingerprint density at radius 3 is 2.96 bits per heavy atom. The lowest BCUT2D eigenvalue weighted by Gasteiger charge is -2.11. The van der Waals surface area contributed by atoms with Crippen LogP contribution in [-0.4, -0.2) is 21.0 Å². The number of anilines is 1. The van der Waals surface area contributed by atoms with E-state index in [0.29, 0.717) is 11.6 Å². The number of non-ortho nitro benzene ring substituents is 1. The number of aromatic nitrogens is 2. The van der Waals surface area contributed by atoms with Gasteiger partial charge in [-0.15, -0.1) is 0 Å². The van der Waals surface area contributed by atoms with Gasteiger partial charge in [0.25, 0.3) is 5.69 Å². The molecule has 1 aromatic heterocycles. The Bertz CT molecular complexity index is 695. The van der Waals surface area contributed by atoms with Gasteiger partial charge in [0, 0.05) is 44.3 Å². The molecule has 1 aliphatic heterocycles. The number of nitro groups is 1. The van der Waals surface area contributed by atoms with Gasteiger partial charge < -0.3 is 9.88 Å². The molecule has 1 aromatic carbocycles. The summed E-state index contributed by atoms with van der Waals surface area (Å²) in [4.78, 5) is 15.1. The zero-order chi connectivity index (χ0) is 16.4. The number of halogens is 1. The number of benzene rings is 1. The van der Waals surface area contributed by atoms with E-state index in [9.17, 15) is 10.1 Å². The molecule has 2 heterocycles. The first-order valence-corrected chi connectivity index (χ1v) is 8.15. The third-order valence-electron chi connectivity index (χ3n) is 4.12. The van der Waals surface area contributed by atoms with Gasteiger partial charge in [-0.1, -0.05) is 11.6 Å². The average Bonchev–Trinajstić information content (AvgIpc) is 2.92. The molecule has 6 nitrogen and oxygen atoms in total. The molecule has 7 heteroatoms. The minimum atomic E-state index is -0.432. The van der Waals surface area contributed by atoms with Crippen molar-refractivity contribution >= 4 is 23.0 Å². The Kier molecular flexibility index (Phi) is 4.52. The van der Waals surface area contributed by atoms with Crippen molar-refractivity contribution in [2.45, 2.75) is 39.2 Å². The van der Waals surface area contributed by atoms with Crippen LogP contribution in [0.5, 0.6) is 0 Å². The van der Waals surface area contributed by atoms with E-state index in [-0.39, 0.29) is 5.69 Å². The van der Waals surface area contributed by atoms with Crippen molar-refractivity contribution in [3.8, 4) is 0 Å². The van der Waals surface area contributed by atoms with Crippen LogP contribution in [0.25, 0.3) is 0 Å². The Morgan fingerprint density at radius 1 is 1.43 bits per heavy atom. The van der Waals surface area contributed by atoms with E-state index >= 15 is 0 Å². The standard InChI is InChI=1S/C16H19ClN4O2/c1-11-8-13(21(22)23)9-14(17)16(11)18-6-5-12-10-20-7-3-2-4-15(20)19-12/h8-10,18H,2-7H2,1H3. The molecule has 0 amide bonds. The summed E-state index contributed by atoms with van der Waals surface area (Å²) in [7, 11) is 0. The van der Waals surface area contributed by atoms with Crippen LogP contribution < -0.4 is 5.32 Å². The molecule has 1 N–H and O–H groups in total. The highest BCUT2D eigenvalue weighted by molar-refractivity contribution is 6.33. The van der Waals surface area contributed by atoms with Gasteiger partial charge in [0.2, 0.25) is 0 Å². The summed E-state index contributed by atoms with van der Waals surface area (Å²) >= 11 is 6.16. The first-order valence-electron chi connectivity index (χ1n) is 7.78. The summed E-state index contributed by atoms with van der Waals surface area (Å²) in [5, 5.41) is 14.5. The summed E-state index contributed by atoms with van der Waals surface area (Å²) in [6, 6.07) is 2.91. The summed E-state index contributed by atoms with van der Waals surface area (Å²) in [5.41, 5.74) is 2.61. The molecule has 0 radical (unpaired) electrons. The maximum absolute atomic E-state index is 10.8. The quantitative estimate of drug-likeness (QED) is 0.667. The Labute approximate surface area is 139 Å². The molecule has 0 bridgehead atoms. The van der Waals surface area contributed by atoms with Crippen LogP contribution in [0.2, 0.25) is 5.02 Å². The number of imidazole rings is 1.